The number of aliphatic hydroxyl groups is 1. The highest BCUT2D eigenvalue weighted by atomic mass is 32.1. The number of ether oxygens (including phenoxy) is 2. The summed E-state index contributed by atoms with van der Waals surface area (Å²) in [5.74, 6) is 0.584. The Balaban J connectivity index is 2.51. The van der Waals surface area contributed by atoms with Crippen LogP contribution in [0.2, 0.25) is 0 Å². The molecular formula is C15H23NO4S. The van der Waals surface area contributed by atoms with Crippen LogP contribution >= 0.6 is 11.3 Å². The molecule has 1 aromatic rings. The van der Waals surface area contributed by atoms with Crippen LogP contribution in [-0.4, -0.2) is 30.0 Å². The maximum Gasteiger partial charge on any atom is 0.407 e. The Hall–Kier alpha value is -1.53. The predicted octanol–water partition coefficient (Wildman–Crippen LogP) is 3.31. The van der Waals surface area contributed by atoms with Gasteiger partial charge >= 0.3 is 6.09 Å². The van der Waals surface area contributed by atoms with Crippen molar-refractivity contribution >= 4 is 23.2 Å². The van der Waals surface area contributed by atoms with Gasteiger partial charge in [-0.15, -0.1) is 11.3 Å². The van der Waals surface area contributed by atoms with E-state index in [2.05, 4.69) is 11.9 Å². The average Bonchev–Trinajstić information content (AvgIpc) is 2.83. The van der Waals surface area contributed by atoms with Gasteiger partial charge in [0.1, 0.15) is 17.5 Å². The molecule has 1 amide bonds. The van der Waals surface area contributed by atoms with Crippen molar-refractivity contribution in [3.8, 4) is 0 Å². The highest BCUT2D eigenvalue weighted by Crippen LogP contribution is 2.28. The van der Waals surface area contributed by atoms with Gasteiger partial charge in [-0.1, -0.05) is 6.58 Å². The molecule has 0 spiro atoms. The van der Waals surface area contributed by atoms with Gasteiger partial charge in [-0.3, -0.25) is 0 Å². The van der Waals surface area contributed by atoms with E-state index in [9.17, 15) is 9.90 Å². The first-order valence-electron chi connectivity index (χ1n) is 6.79. The number of aliphatic hydroxyl groups excluding tert-OH is 1. The van der Waals surface area contributed by atoms with Crippen molar-refractivity contribution in [2.45, 2.75) is 39.4 Å². The maximum absolute atomic E-state index is 11.5. The number of amides is 1. The smallest absolute Gasteiger partial charge is 0.407 e. The number of hydrogen-bond donors (Lipinski definition) is 2. The molecule has 0 aromatic carbocycles. The summed E-state index contributed by atoms with van der Waals surface area (Å²) in [5.41, 5.74) is -0.555. The highest BCUT2D eigenvalue weighted by molar-refractivity contribution is 7.13. The lowest BCUT2D eigenvalue weighted by molar-refractivity contribution is 0.0493. The van der Waals surface area contributed by atoms with Crippen molar-refractivity contribution in [3.05, 3.63) is 28.5 Å². The van der Waals surface area contributed by atoms with Gasteiger partial charge < -0.3 is 19.9 Å². The monoisotopic (exact) mass is 313 g/mol. The van der Waals surface area contributed by atoms with Crippen LogP contribution in [0.1, 0.15) is 43.6 Å². The fourth-order valence-electron chi connectivity index (χ4n) is 1.52. The summed E-state index contributed by atoms with van der Waals surface area (Å²) in [7, 11) is 0. The fourth-order valence-corrected chi connectivity index (χ4v) is 2.44. The van der Waals surface area contributed by atoms with Crippen LogP contribution in [0.15, 0.2) is 18.7 Å². The Morgan fingerprint density at radius 1 is 1.48 bits per heavy atom. The summed E-state index contributed by atoms with van der Waals surface area (Å²) in [5, 5.41) is 12.6. The number of hydrogen-bond acceptors (Lipinski definition) is 5. The van der Waals surface area contributed by atoms with E-state index >= 15 is 0 Å². The molecule has 1 unspecified atom stereocenters. The van der Waals surface area contributed by atoms with Crippen LogP contribution < -0.4 is 5.32 Å². The quantitative estimate of drug-likeness (QED) is 0.791. The predicted molar refractivity (Wildman–Crippen MR) is 84.2 cm³/mol. The second-order valence-electron chi connectivity index (χ2n) is 5.46. The standard InChI is InChI=1S/C15H23NO4S/c1-6-19-10(2)12-7-8-13(21-12)11(17)9-16-14(18)20-15(3,4)5/h7-8,11,17H,2,6,9H2,1,3-5H3,(H,16,18). The minimum absolute atomic E-state index is 0.0932. The molecule has 118 valence electrons. The van der Waals surface area contributed by atoms with E-state index < -0.39 is 17.8 Å². The van der Waals surface area contributed by atoms with Crippen molar-refractivity contribution in [1.82, 2.24) is 5.32 Å². The Kier molecular flexibility index (Phi) is 6.23. The van der Waals surface area contributed by atoms with Crippen molar-refractivity contribution in [2.24, 2.45) is 0 Å². The Labute approximate surface area is 129 Å². The van der Waals surface area contributed by atoms with Crippen molar-refractivity contribution in [3.63, 3.8) is 0 Å². The van der Waals surface area contributed by atoms with Gasteiger partial charge in [0, 0.05) is 4.88 Å². The first kappa shape index (κ1) is 17.5. The molecule has 0 saturated carbocycles. The number of rotatable bonds is 6. The number of alkyl carbamates (subject to hydrolysis) is 1. The van der Waals surface area contributed by atoms with Crippen LogP contribution in [-0.2, 0) is 9.47 Å². The van der Waals surface area contributed by atoms with Crippen molar-refractivity contribution in [2.75, 3.05) is 13.2 Å². The number of carbonyl (C=O) groups is 1. The summed E-state index contributed by atoms with van der Waals surface area (Å²) < 4.78 is 10.4. The Morgan fingerprint density at radius 2 is 2.14 bits per heavy atom. The van der Waals surface area contributed by atoms with E-state index in [1.807, 2.05) is 13.0 Å². The van der Waals surface area contributed by atoms with Crippen LogP contribution in [0.5, 0.6) is 0 Å². The van der Waals surface area contributed by atoms with Crippen LogP contribution in [0.4, 0.5) is 4.79 Å². The minimum Gasteiger partial charge on any atom is -0.493 e. The van der Waals surface area contributed by atoms with Crippen LogP contribution in [0, 0.1) is 0 Å². The molecule has 0 radical (unpaired) electrons. The molecular weight excluding hydrogens is 290 g/mol. The highest BCUT2D eigenvalue weighted by Gasteiger charge is 2.18. The van der Waals surface area contributed by atoms with Gasteiger partial charge in [0.2, 0.25) is 0 Å². The van der Waals surface area contributed by atoms with Gasteiger partial charge in [-0.25, -0.2) is 4.79 Å². The topological polar surface area (TPSA) is 67.8 Å². The van der Waals surface area contributed by atoms with Gasteiger partial charge in [0.15, 0.2) is 0 Å². The average molecular weight is 313 g/mol. The Bertz CT molecular complexity index is 490. The van der Waals surface area contributed by atoms with Gasteiger partial charge in [-0.05, 0) is 39.8 Å². The molecule has 1 atom stereocenters. The van der Waals surface area contributed by atoms with Crippen LogP contribution in [0.3, 0.4) is 0 Å². The molecule has 0 bridgehead atoms. The van der Waals surface area contributed by atoms with E-state index in [1.54, 1.807) is 26.8 Å². The zero-order valence-corrected chi connectivity index (χ0v) is 13.8. The molecule has 1 rings (SSSR count). The Morgan fingerprint density at radius 3 is 2.71 bits per heavy atom. The lowest BCUT2D eigenvalue weighted by Crippen LogP contribution is -2.34. The first-order chi connectivity index (χ1) is 9.73. The molecule has 0 fully saturated rings. The van der Waals surface area contributed by atoms with Gasteiger partial charge in [0.05, 0.1) is 18.0 Å². The summed E-state index contributed by atoms with van der Waals surface area (Å²) in [6.07, 6.45) is -1.33. The molecule has 2 N–H and O–H groups in total. The second kappa shape index (κ2) is 7.47. The summed E-state index contributed by atoms with van der Waals surface area (Å²) in [6.45, 7) is 11.7. The second-order valence-corrected chi connectivity index (χ2v) is 6.57. The van der Waals surface area contributed by atoms with Crippen LogP contribution in [0.25, 0.3) is 5.76 Å². The molecule has 1 heterocycles. The molecule has 21 heavy (non-hydrogen) atoms. The number of carbonyl (C=O) groups excluding carboxylic acids is 1. The number of thiophene rings is 1. The summed E-state index contributed by atoms with van der Waals surface area (Å²) >= 11 is 1.39. The van der Waals surface area contributed by atoms with Gasteiger partial charge in [-0.2, -0.15) is 0 Å². The molecule has 6 heteroatoms. The molecule has 0 saturated heterocycles. The van der Waals surface area contributed by atoms with E-state index in [0.29, 0.717) is 12.4 Å². The fraction of sp³-hybridized carbons (Fsp3) is 0.533. The summed E-state index contributed by atoms with van der Waals surface area (Å²) in [6, 6.07) is 3.64. The lowest BCUT2D eigenvalue weighted by atomic mass is 10.2. The van der Waals surface area contributed by atoms with E-state index in [4.69, 9.17) is 9.47 Å². The minimum atomic E-state index is -0.786. The SMILES string of the molecule is C=C(OCC)c1ccc(C(O)CNC(=O)OC(C)(C)C)s1. The molecule has 5 nitrogen and oxygen atoms in total. The van der Waals surface area contributed by atoms with Crippen molar-refractivity contribution < 1.29 is 19.4 Å². The van der Waals surface area contributed by atoms with E-state index in [1.165, 1.54) is 11.3 Å². The third-order valence-corrected chi connectivity index (χ3v) is 3.61. The van der Waals surface area contributed by atoms with Crippen molar-refractivity contribution in [1.29, 1.82) is 0 Å². The normalized spacial score (nSPS) is 12.6. The summed E-state index contributed by atoms with van der Waals surface area (Å²) in [4.78, 5) is 13.1. The molecule has 1 aromatic heterocycles. The zero-order valence-electron chi connectivity index (χ0n) is 12.9. The zero-order chi connectivity index (χ0) is 16.0. The molecule has 0 aliphatic carbocycles. The van der Waals surface area contributed by atoms with E-state index in [0.717, 1.165) is 9.75 Å². The third-order valence-electron chi connectivity index (χ3n) is 2.39. The van der Waals surface area contributed by atoms with E-state index in [-0.39, 0.29) is 6.54 Å². The third kappa shape index (κ3) is 6.18. The largest absolute Gasteiger partial charge is 0.493 e. The molecule has 0 aliphatic rings. The first-order valence-corrected chi connectivity index (χ1v) is 7.61. The maximum atomic E-state index is 11.5. The lowest BCUT2D eigenvalue weighted by Gasteiger charge is -2.20. The number of nitrogens with one attached hydrogen (secondary N) is 1. The van der Waals surface area contributed by atoms with Gasteiger partial charge in [0.25, 0.3) is 0 Å². The molecule has 0 aliphatic heterocycles.